The standard InChI is InChI=1S/C86H74N16O13.2Zn/c1-6-109-57-27-11-20-50-64(57)80-91-74(50)94-82-65-51(73(90-82)88-71-48-18-7-8-19-49(48)72(87-71)89-81-67-53(76(92-80)93-81)23-14-30-60(67)112-44-38-105-4)21-12-28-58(65)110-34-9-10-35-111-59-29-13-22-52-66(59)83-95-75(52)97-85-70-56(26-17-33-63(70)115-47-43-108-41-37-104-3)79(102-85)99-84-68-54(24-15-31-61(68)113-45-39-106-5)77(98-84)100-86-69-55(78(96-83)101-86)25-16-32-62(69)114-46-42-107-40-36-103-2;;/h7-8,11-33H,6,9-10,34-47H2,1-5H3;;/q-4;2*+2. The molecule has 0 aliphatic carbocycles. The Morgan fingerprint density at radius 2 is 0.479 bits per heavy atom. The smallest absolute Gasteiger partial charge is 0.493 e. The molecule has 0 radical (unpaired) electrons. The zero-order valence-corrected chi connectivity index (χ0v) is 70.8. The number of fused-ring (bicyclic) bond motifs is 40. The third-order valence-corrected chi connectivity index (χ3v) is 19.5. The van der Waals surface area contributed by atoms with Crippen LogP contribution in [0.2, 0.25) is 0 Å². The Hall–Kier alpha value is -11.9. The molecule has 8 aromatic carbocycles. The molecule has 0 saturated heterocycles. The number of aromatic nitrogens is 16. The van der Waals surface area contributed by atoms with Crippen LogP contribution in [0.5, 0.6) is 40.2 Å². The van der Waals surface area contributed by atoms with Crippen LogP contribution in [0.25, 0.3) is 179 Å². The minimum Gasteiger partial charge on any atom is -0.493 e. The molecule has 18 rings (SSSR count). The zero-order chi connectivity index (χ0) is 77.7. The summed E-state index contributed by atoms with van der Waals surface area (Å²) in [5, 5.41) is 5.11. The van der Waals surface area contributed by atoms with E-state index in [1.54, 1.807) is 28.4 Å². The van der Waals surface area contributed by atoms with Crippen molar-refractivity contribution in [2.75, 3.05) is 128 Å². The third kappa shape index (κ3) is 15.7. The van der Waals surface area contributed by atoms with E-state index < -0.39 is 0 Å². The van der Waals surface area contributed by atoms with Gasteiger partial charge in [0.15, 0.2) is 0 Å². The maximum Gasteiger partial charge on any atom is 2.00 e. The van der Waals surface area contributed by atoms with Gasteiger partial charge in [-0.1, -0.05) is 109 Å². The topological polar surface area (TPSA) is 331 Å². The molecule has 0 unspecified atom stereocenters. The summed E-state index contributed by atoms with van der Waals surface area (Å²) in [6.07, 6.45) is 1.12. The number of methoxy groups -OCH3 is 4. The number of hydrogen-bond acceptors (Lipinski definition) is 25. The Labute approximate surface area is 694 Å². The van der Waals surface area contributed by atoms with Gasteiger partial charge in [-0.05, 0) is 83.8 Å². The van der Waals surface area contributed by atoms with Crippen molar-refractivity contribution in [2.24, 2.45) is 0 Å². The van der Waals surface area contributed by atoms with Gasteiger partial charge in [0.2, 0.25) is 0 Å². The summed E-state index contributed by atoms with van der Waals surface area (Å²) >= 11 is 0. The van der Waals surface area contributed by atoms with E-state index in [9.17, 15) is 0 Å². The Morgan fingerprint density at radius 1 is 0.231 bits per heavy atom. The number of ether oxygens (including phenoxy) is 13. The van der Waals surface area contributed by atoms with Crippen molar-refractivity contribution in [3.05, 3.63) is 152 Å². The normalized spacial score (nSPS) is 11.8. The van der Waals surface area contributed by atoms with Gasteiger partial charge >= 0.3 is 39.0 Å². The summed E-state index contributed by atoms with van der Waals surface area (Å²) in [6, 6.07) is 47.9. The van der Waals surface area contributed by atoms with Crippen molar-refractivity contribution < 1.29 is 101 Å². The summed E-state index contributed by atoms with van der Waals surface area (Å²) in [4.78, 5) is 83.6. The van der Waals surface area contributed by atoms with Crippen molar-refractivity contribution >= 4 is 88.3 Å². The van der Waals surface area contributed by atoms with Gasteiger partial charge in [-0.15, -0.1) is 0 Å². The molecule has 4 aliphatic heterocycles. The largest absolute Gasteiger partial charge is 2.00 e. The van der Waals surface area contributed by atoms with Gasteiger partial charge in [0.25, 0.3) is 0 Å². The molecule has 10 heterocycles. The van der Waals surface area contributed by atoms with Crippen molar-refractivity contribution in [3.63, 3.8) is 0 Å². The SMILES string of the molecule is CCOc1cccc2c1-c1nc-2nc2[n-]c(nc3nc(nc4[n-]c(n1)c1cccc(OCCOC)c41)-c1ccccc1-3)c1cccc(OCCCCOc3cccc4c5nc6nc(nc7[n-]c(nc8nc(nc([n-]5)c34)-c3cccc(OCCOCCOC)c3-8)c3cccc(OCCOC)c73)-c3cccc(OCCOCCOC)c3-6)c21.[Zn+2].[Zn+2]. The molecular weight excluding hydrogens is 1600 g/mol. The molecule has 580 valence electrons. The van der Waals surface area contributed by atoms with Gasteiger partial charge in [0.05, 0.1) is 136 Å². The number of benzene rings is 8. The molecule has 6 aromatic heterocycles. The average Bonchev–Trinajstić information content (AvgIpc) is 1.59. The van der Waals surface area contributed by atoms with E-state index in [1.807, 2.05) is 159 Å². The van der Waals surface area contributed by atoms with Crippen LogP contribution in [0.1, 0.15) is 19.8 Å². The Bertz CT molecular complexity index is 6420. The monoisotopic (exact) mass is 1670 g/mol. The van der Waals surface area contributed by atoms with Crippen LogP contribution in [-0.4, -0.2) is 187 Å². The van der Waals surface area contributed by atoms with Crippen molar-refractivity contribution in [2.45, 2.75) is 19.8 Å². The first-order valence-corrected chi connectivity index (χ1v) is 37.8. The summed E-state index contributed by atoms with van der Waals surface area (Å²) < 4.78 is 78.6. The molecule has 0 saturated carbocycles. The van der Waals surface area contributed by atoms with Crippen LogP contribution in [0.4, 0.5) is 0 Å². The van der Waals surface area contributed by atoms with Crippen LogP contribution in [0, 0.1) is 0 Å². The van der Waals surface area contributed by atoms with Crippen LogP contribution in [0.3, 0.4) is 0 Å². The number of unbranched alkanes of at least 4 members (excludes halogenated alkanes) is 1. The maximum absolute atomic E-state index is 6.87. The Morgan fingerprint density at radius 3 is 0.821 bits per heavy atom. The molecule has 0 atom stereocenters. The molecular formula is C86H74N16O13Zn2. The van der Waals surface area contributed by atoms with E-state index in [1.165, 1.54) is 0 Å². The molecule has 14 aromatic rings. The first-order valence-electron chi connectivity index (χ1n) is 37.8. The molecule has 0 amide bonds. The van der Waals surface area contributed by atoms with Crippen molar-refractivity contribution in [1.29, 1.82) is 0 Å². The molecule has 0 N–H and O–H groups in total. The average molecular weight is 1670 g/mol. The third-order valence-electron chi connectivity index (χ3n) is 19.5. The quantitative estimate of drug-likeness (QED) is 0.0288. The van der Waals surface area contributed by atoms with Crippen molar-refractivity contribution in [3.8, 4) is 131 Å². The van der Waals surface area contributed by atoms with Gasteiger partial charge in [0, 0.05) is 123 Å². The molecule has 16 bridgehead atoms. The van der Waals surface area contributed by atoms with E-state index in [-0.39, 0.29) is 89.3 Å². The van der Waals surface area contributed by atoms with Crippen LogP contribution in [-0.2, 0) is 67.4 Å². The van der Waals surface area contributed by atoms with E-state index in [0.29, 0.717) is 270 Å². The van der Waals surface area contributed by atoms with Crippen LogP contribution < -0.4 is 53.1 Å². The first-order chi connectivity index (χ1) is 56.8. The summed E-state index contributed by atoms with van der Waals surface area (Å²) in [5.41, 5.74) is 7.92. The second-order valence-corrected chi connectivity index (χ2v) is 26.7. The fourth-order valence-corrected chi connectivity index (χ4v) is 14.3. The number of rotatable bonds is 31. The summed E-state index contributed by atoms with van der Waals surface area (Å²) in [7, 11) is 6.51. The predicted octanol–water partition coefficient (Wildman–Crippen LogP) is 13.3. The minimum absolute atomic E-state index is 0. The zero-order valence-electron chi connectivity index (χ0n) is 64.8. The molecule has 0 fully saturated rings. The number of nitrogens with zero attached hydrogens (tertiary/aromatic N) is 16. The van der Waals surface area contributed by atoms with Gasteiger partial charge in [-0.2, -0.15) is 0 Å². The number of hydrogen-bond donors (Lipinski definition) is 0. The van der Waals surface area contributed by atoms with Crippen LogP contribution >= 0.6 is 0 Å². The van der Waals surface area contributed by atoms with Crippen LogP contribution in [0.15, 0.2) is 152 Å². The fraction of sp³-hybridized carbons (Fsp3) is 0.256. The van der Waals surface area contributed by atoms with Crippen molar-refractivity contribution in [1.82, 2.24) is 79.7 Å². The molecule has 117 heavy (non-hydrogen) atoms. The summed E-state index contributed by atoms with van der Waals surface area (Å²) in [6.45, 7) is 6.86. The van der Waals surface area contributed by atoms with E-state index in [0.717, 1.165) is 11.1 Å². The predicted molar refractivity (Wildman–Crippen MR) is 430 cm³/mol. The maximum atomic E-state index is 6.87. The van der Waals surface area contributed by atoms with Gasteiger partial charge < -0.3 is 121 Å². The fourth-order valence-electron chi connectivity index (χ4n) is 14.3. The van der Waals surface area contributed by atoms with Gasteiger partial charge in [0.1, 0.15) is 66.7 Å². The Balaban J connectivity index is 0.00000512. The first kappa shape index (κ1) is 78.9. The second kappa shape index (κ2) is 35.7. The minimum atomic E-state index is 0. The molecule has 0 spiro atoms. The van der Waals surface area contributed by atoms with E-state index in [4.69, 9.17) is 141 Å². The molecule has 31 heteroatoms. The molecule has 29 nitrogen and oxygen atoms in total. The van der Waals surface area contributed by atoms with Gasteiger partial charge in [-0.25, -0.2) is 19.9 Å². The molecule has 4 aliphatic rings. The summed E-state index contributed by atoms with van der Waals surface area (Å²) in [5.74, 6) is 6.39. The van der Waals surface area contributed by atoms with E-state index in [2.05, 4.69) is 0 Å². The van der Waals surface area contributed by atoms with E-state index >= 15 is 0 Å². The Kier molecular flexibility index (Phi) is 24.1. The second-order valence-electron chi connectivity index (χ2n) is 26.7. The van der Waals surface area contributed by atoms with Gasteiger partial charge in [-0.3, -0.25) is 0 Å².